The van der Waals surface area contributed by atoms with Crippen molar-refractivity contribution < 1.29 is 24.5 Å². The van der Waals surface area contributed by atoms with E-state index in [1.54, 1.807) is 6.08 Å². The molecule has 0 aliphatic rings. The van der Waals surface area contributed by atoms with E-state index in [0.717, 1.165) is 51.4 Å². The molecule has 0 aliphatic carbocycles. The zero-order valence-corrected chi connectivity index (χ0v) is 59.5. The van der Waals surface area contributed by atoms with Crippen LogP contribution in [0.1, 0.15) is 438 Å². The van der Waals surface area contributed by atoms with E-state index in [2.05, 4.69) is 55.6 Å². The lowest BCUT2D eigenvalue weighted by Crippen LogP contribution is -2.45. The summed E-state index contributed by atoms with van der Waals surface area (Å²) in [4.78, 5) is 24.7. The normalized spacial score (nSPS) is 12.7. The highest BCUT2D eigenvalue weighted by Gasteiger charge is 2.18. The van der Waals surface area contributed by atoms with Crippen molar-refractivity contribution in [1.29, 1.82) is 0 Å². The standard InChI is InChI=1S/C82H155NO5/c1-3-5-7-9-11-13-15-17-19-21-23-24-25-33-36-39-42-46-50-54-58-62-66-70-74-80(85)79(78-84)83-81(86)75-71-67-63-59-55-51-47-43-40-37-34-31-29-27-26-28-30-32-35-38-41-45-49-53-57-61-65-69-73-77-88-82(87)76-72-68-64-60-56-52-48-44-22-20-18-16-14-12-10-8-6-4-2/h14,16,20,22,26,28,70,74,79-80,84-85H,3-13,15,17-19,21,23-25,27,29-69,71-73,75-78H2,1-2H3,(H,83,86)/b16-14-,22-20-,28-26-,74-70+. The average molecular weight is 1240 g/mol. The molecule has 0 heterocycles. The molecule has 0 bridgehead atoms. The lowest BCUT2D eigenvalue weighted by Gasteiger charge is -2.20. The van der Waals surface area contributed by atoms with Crippen LogP contribution in [0.2, 0.25) is 0 Å². The van der Waals surface area contributed by atoms with Crippen LogP contribution in [0.25, 0.3) is 0 Å². The number of hydrogen-bond donors (Lipinski definition) is 3. The largest absolute Gasteiger partial charge is 0.466 e. The van der Waals surface area contributed by atoms with Gasteiger partial charge in [-0.2, -0.15) is 0 Å². The van der Waals surface area contributed by atoms with Gasteiger partial charge in [0.25, 0.3) is 0 Å². The van der Waals surface area contributed by atoms with E-state index in [1.807, 2.05) is 6.08 Å². The Morgan fingerprint density at radius 1 is 0.318 bits per heavy atom. The van der Waals surface area contributed by atoms with E-state index in [0.29, 0.717) is 19.4 Å². The highest BCUT2D eigenvalue weighted by Crippen LogP contribution is 2.19. The van der Waals surface area contributed by atoms with Crippen molar-refractivity contribution in [2.24, 2.45) is 0 Å². The molecule has 0 spiro atoms. The second-order valence-electron chi connectivity index (χ2n) is 27.4. The molecule has 6 nitrogen and oxygen atoms in total. The molecule has 6 heteroatoms. The van der Waals surface area contributed by atoms with Gasteiger partial charge in [0.15, 0.2) is 0 Å². The molecule has 0 aromatic rings. The molecule has 2 unspecified atom stereocenters. The molecule has 0 fully saturated rings. The number of unbranched alkanes of at least 4 members (excludes halogenated alkanes) is 58. The number of allylic oxidation sites excluding steroid dienone is 7. The van der Waals surface area contributed by atoms with Crippen molar-refractivity contribution >= 4 is 11.9 Å². The number of aliphatic hydroxyl groups is 2. The average Bonchev–Trinajstić information content (AvgIpc) is 3.58. The topological polar surface area (TPSA) is 95.9 Å². The van der Waals surface area contributed by atoms with Crippen molar-refractivity contribution in [2.75, 3.05) is 13.2 Å². The van der Waals surface area contributed by atoms with E-state index in [1.165, 1.54) is 360 Å². The third kappa shape index (κ3) is 72.9. The monoisotopic (exact) mass is 1230 g/mol. The van der Waals surface area contributed by atoms with Crippen LogP contribution in [0.3, 0.4) is 0 Å². The van der Waals surface area contributed by atoms with Gasteiger partial charge in [0.2, 0.25) is 5.91 Å². The van der Waals surface area contributed by atoms with Crippen LogP contribution >= 0.6 is 0 Å². The quantitative estimate of drug-likeness (QED) is 0.0320. The summed E-state index contributed by atoms with van der Waals surface area (Å²) in [7, 11) is 0. The van der Waals surface area contributed by atoms with Crippen molar-refractivity contribution in [2.45, 2.75) is 450 Å². The fourth-order valence-electron chi connectivity index (χ4n) is 12.5. The van der Waals surface area contributed by atoms with Crippen LogP contribution in [0.4, 0.5) is 0 Å². The van der Waals surface area contributed by atoms with Crippen molar-refractivity contribution in [3.8, 4) is 0 Å². The van der Waals surface area contributed by atoms with Gasteiger partial charge in [-0.1, -0.05) is 383 Å². The maximum atomic E-state index is 12.6. The molecule has 88 heavy (non-hydrogen) atoms. The number of carbonyl (C=O) groups is 2. The molecule has 2 atom stereocenters. The number of aliphatic hydroxyl groups excluding tert-OH is 2. The van der Waals surface area contributed by atoms with Gasteiger partial charge in [-0.15, -0.1) is 0 Å². The maximum Gasteiger partial charge on any atom is 0.305 e. The first-order valence-electron chi connectivity index (χ1n) is 39.9. The van der Waals surface area contributed by atoms with Gasteiger partial charge in [-0.25, -0.2) is 0 Å². The third-order valence-electron chi connectivity index (χ3n) is 18.6. The van der Waals surface area contributed by atoms with Gasteiger partial charge in [0.1, 0.15) is 0 Å². The van der Waals surface area contributed by atoms with Gasteiger partial charge < -0.3 is 20.3 Å². The van der Waals surface area contributed by atoms with E-state index in [4.69, 9.17) is 4.74 Å². The Labute approximate surface area is 550 Å². The first-order valence-corrected chi connectivity index (χ1v) is 39.9. The summed E-state index contributed by atoms with van der Waals surface area (Å²) in [6.07, 6.45) is 102. The fourth-order valence-corrected chi connectivity index (χ4v) is 12.5. The van der Waals surface area contributed by atoms with Gasteiger partial charge >= 0.3 is 5.97 Å². The SMILES string of the molecule is CCCCCC/C=C\C/C=C\CCCCCCCCCC(=O)OCCCCCCCCCCCCCC/C=C\CCCCCCCCCCCCCCCC(=O)NC(CO)C(O)/C=C/CCCCCCCCCCCCCCCCCCCCCCCC. The minimum atomic E-state index is -0.846. The summed E-state index contributed by atoms with van der Waals surface area (Å²) in [5.41, 5.74) is 0. The zero-order chi connectivity index (χ0) is 63.5. The molecule has 0 aromatic heterocycles. The third-order valence-corrected chi connectivity index (χ3v) is 18.6. The van der Waals surface area contributed by atoms with Crippen molar-refractivity contribution in [1.82, 2.24) is 5.32 Å². The summed E-state index contributed by atoms with van der Waals surface area (Å²) >= 11 is 0. The van der Waals surface area contributed by atoms with Crippen LogP contribution in [0.15, 0.2) is 48.6 Å². The van der Waals surface area contributed by atoms with Crippen LogP contribution in [-0.2, 0) is 14.3 Å². The van der Waals surface area contributed by atoms with Crippen LogP contribution < -0.4 is 5.32 Å². The molecule has 0 radical (unpaired) electrons. The number of carbonyl (C=O) groups excluding carboxylic acids is 2. The lowest BCUT2D eigenvalue weighted by molar-refractivity contribution is -0.143. The highest BCUT2D eigenvalue weighted by atomic mass is 16.5. The number of ether oxygens (including phenoxy) is 1. The summed E-state index contributed by atoms with van der Waals surface area (Å²) in [5, 5.41) is 23.3. The molecule has 3 N–H and O–H groups in total. The van der Waals surface area contributed by atoms with Crippen LogP contribution in [-0.4, -0.2) is 47.4 Å². The summed E-state index contributed by atoms with van der Waals surface area (Å²) in [6, 6.07) is -0.630. The Kier molecular flexibility index (Phi) is 75.4. The molecule has 0 aromatic carbocycles. The summed E-state index contributed by atoms with van der Waals surface area (Å²) < 4.78 is 5.51. The summed E-state index contributed by atoms with van der Waals surface area (Å²) in [6.45, 7) is 4.93. The molecular weight excluding hydrogens is 1080 g/mol. The molecule has 0 aliphatic heterocycles. The first kappa shape index (κ1) is 85.8. The second kappa shape index (κ2) is 77.3. The van der Waals surface area contributed by atoms with Crippen molar-refractivity contribution in [3.05, 3.63) is 48.6 Å². The predicted molar refractivity (Wildman–Crippen MR) is 389 cm³/mol. The van der Waals surface area contributed by atoms with E-state index < -0.39 is 12.1 Å². The Bertz CT molecular complexity index is 1470. The number of amides is 1. The highest BCUT2D eigenvalue weighted by molar-refractivity contribution is 5.76. The number of rotatable bonds is 75. The number of nitrogens with one attached hydrogen (secondary N) is 1. The molecule has 518 valence electrons. The Hall–Kier alpha value is -2.18. The van der Waals surface area contributed by atoms with Gasteiger partial charge in [0, 0.05) is 12.8 Å². The minimum Gasteiger partial charge on any atom is -0.466 e. The fraction of sp³-hybridized carbons (Fsp3) is 0.878. The van der Waals surface area contributed by atoms with E-state index in [-0.39, 0.29) is 18.5 Å². The van der Waals surface area contributed by atoms with Crippen LogP contribution in [0, 0.1) is 0 Å². The molecule has 0 rings (SSSR count). The smallest absolute Gasteiger partial charge is 0.305 e. The van der Waals surface area contributed by atoms with Crippen molar-refractivity contribution in [3.63, 3.8) is 0 Å². The zero-order valence-electron chi connectivity index (χ0n) is 59.5. The van der Waals surface area contributed by atoms with Gasteiger partial charge in [-0.3, -0.25) is 9.59 Å². The molecule has 1 amide bonds. The lowest BCUT2D eigenvalue weighted by atomic mass is 10.0. The van der Waals surface area contributed by atoms with Gasteiger partial charge in [-0.05, 0) is 89.9 Å². The Morgan fingerprint density at radius 3 is 0.886 bits per heavy atom. The van der Waals surface area contributed by atoms with Gasteiger partial charge in [0.05, 0.1) is 25.4 Å². The van der Waals surface area contributed by atoms with E-state index >= 15 is 0 Å². The molecular formula is C82H155NO5. The second-order valence-corrected chi connectivity index (χ2v) is 27.4. The maximum absolute atomic E-state index is 12.6. The molecule has 0 saturated heterocycles. The first-order chi connectivity index (χ1) is 43.5. The predicted octanol–water partition coefficient (Wildman–Crippen LogP) is 26.4. The number of esters is 1. The Balaban J connectivity index is 3.40. The summed E-state index contributed by atoms with van der Waals surface area (Å²) in [5.74, 6) is -0.0533. The molecule has 0 saturated carbocycles. The number of hydrogen-bond acceptors (Lipinski definition) is 5. The van der Waals surface area contributed by atoms with Crippen LogP contribution in [0.5, 0.6) is 0 Å². The minimum absolute atomic E-state index is 0.00941. The Morgan fingerprint density at radius 2 is 0.568 bits per heavy atom. The van der Waals surface area contributed by atoms with E-state index in [9.17, 15) is 19.8 Å².